The predicted molar refractivity (Wildman–Crippen MR) is 92.3 cm³/mol. The molecule has 0 aromatic rings. The van der Waals surface area contributed by atoms with Gasteiger partial charge in [0.25, 0.3) is 0 Å². The topological polar surface area (TPSA) is 137 Å². The summed E-state index contributed by atoms with van der Waals surface area (Å²) in [6.45, 7) is 5.68. The fraction of sp³-hybridized carbons (Fsp3) is 0.750. The molecule has 0 bridgehead atoms. The number of carboxylic acid groups (broad SMARTS) is 1. The number of morpholine rings is 1. The monoisotopic (exact) mass is 372 g/mol. The summed E-state index contributed by atoms with van der Waals surface area (Å²) in [5.74, 6) is -2.39. The van der Waals surface area contributed by atoms with E-state index in [9.17, 15) is 19.2 Å². The quantitative estimate of drug-likeness (QED) is 0.354. The molecule has 0 aromatic carbocycles. The van der Waals surface area contributed by atoms with Gasteiger partial charge in [-0.05, 0) is 12.3 Å². The predicted octanol–water partition coefficient (Wildman–Crippen LogP) is -1.83. The van der Waals surface area contributed by atoms with Crippen LogP contribution in [0.25, 0.3) is 0 Å². The third-order valence-electron chi connectivity index (χ3n) is 3.69. The van der Waals surface area contributed by atoms with Crippen LogP contribution in [0.1, 0.15) is 20.3 Å². The highest BCUT2D eigenvalue weighted by Crippen LogP contribution is 2.05. The van der Waals surface area contributed by atoms with Gasteiger partial charge in [-0.3, -0.25) is 24.1 Å². The molecular formula is C16H28N4O6. The van der Waals surface area contributed by atoms with Crippen molar-refractivity contribution >= 4 is 23.7 Å². The summed E-state index contributed by atoms with van der Waals surface area (Å²) in [5.41, 5.74) is 0. The van der Waals surface area contributed by atoms with Crippen molar-refractivity contribution in [3.8, 4) is 0 Å². The molecule has 1 saturated heterocycles. The Kier molecular flexibility index (Phi) is 9.60. The van der Waals surface area contributed by atoms with Crippen LogP contribution in [0.5, 0.6) is 0 Å². The average Bonchev–Trinajstić information content (AvgIpc) is 2.57. The highest BCUT2D eigenvalue weighted by Gasteiger charge is 2.22. The van der Waals surface area contributed by atoms with E-state index in [1.807, 2.05) is 18.7 Å². The molecule has 1 heterocycles. The van der Waals surface area contributed by atoms with E-state index in [2.05, 4.69) is 16.0 Å². The van der Waals surface area contributed by atoms with Crippen molar-refractivity contribution in [2.45, 2.75) is 26.3 Å². The third kappa shape index (κ3) is 9.33. The number of carbonyl (C=O) groups excluding carboxylic acids is 3. The van der Waals surface area contributed by atoms with Crippen LogP contribution in [-0.2, 0) is 23.9 Å². The third-order valence-corrected chi connectivity index (χ3v) is 3.69. The maximum Gasteiger partial charge on any atom is 0.322 e. The Balaban J connectivity index is 2.40. The van der Waals surface area contributed by atoms with Gasteiger partial charge >= 0.3 is 5.97 Å². The molecule has 4 N–H and O–H groups in total. The first-order valence-electron chi connectivity index (χ1n) is 8.63. The molecule has 1 aliphatic rings. The lowest BCUT2D eigenvalue weighted by Crippen LogP contribution is -2.51. The van der Waals surface area contributed by atoms with Crippen molar-refractivity contribution in [3.63, 3.8) is 0 Å². The summed E-state index contributed by atoms with van der Waals surface area (Å²) in [6.07, 6.45) is 0.360. The minimum Gasteiger partial charge on any atom is -0.480 e. The molecular weight excluding hydrogens is 344 g/mol. The van der Waals surface area contributed by atoms with E-state index >= 15 is 0 Å². The largest absolute Gasteiger partial charge is 0.480 e. The van der Waals surface area contributed by atoms with E-state index in [4.69, 9.17) is 9.84 Å². The Bertz CT molecular complexity index is 505. The van der Waals surface area contributed by atoms with Gasteiger partial charge in [-0.2, -0.15) is 0 Å². The van der Waals surface area contributed by atoms with Gasteiger partial charge < -0.3 is 25.8 Å². The molecule has 1 aliphatic heterocycles. The minimum atomic E-state index is -1.16. The van der Waals surface area contributed by atoms with Gasteiger partial charge in [0.15, 0.2) is 0 Å². The zero-order chi connectivity index (χ0) is 19.5. The Labute approximate surface area is 152 Å². The minimum absolute atomic E-state index is 0.117. The van der Waals surface area contributed by atoms with Crippen LogP contribution in [0, 0.1) is 5.92 Å². The Morgan fingerprint density at radius 2 is 1.69 bits per heavy atom. The molecule has 10 heteroatoms. The number of rotatable bonds is 10. The summed E-state index contributed by atoms with van der Waals surface area (Å²) in [6, 6.07) is -0.849. The number of aliphatic carboxylic acids is 1. The summed E-state index contributed by atoms with van der Waals surface area (Å²) in [5, 5.41) is 15.9. The zero-order valence-corrected chi connectivity index (χ0v) is 15.2. The van der Waals surface area contributed by atoms with Crippen molar-refractivity contribution < 1.29 is 29.0 Å². The fourth-order valence-corrected chi connectivity index (χ4v) is 2.43. The van der Waals surface area contributed by atoms with Crippen molar-refractivity contribution in [1.82, 2.24) is 20.9 Å². The van der Waals surface area contributed by atoms with Gasteiger partial charge in [0.05, 0.1) is 26.3 Å². The molecule has 0 aromatic heterocycles. The molecule has 10 nitrogen and oxygen atoms in total. The maximum atomic E-state index is 12.0. The first-order chi connectivity index (χ1) is 12.3. The number of amides is 3. The molecule has 1 fully saturated rings. The number of hydrogen-bond acceptors (Lipinski definition) is 6. The van der Waals surface area contributed by atoms with Crippen LogP contribution in [0.3, 0.4) is 0 Å². The number of nitrogens with zero attached hydrogens (tertiary/aromatic N) is 1. The first kappa shape index (κ1) is 21.8. The lowest BCUT2D eigenvalue weighted by molar-refractivity contribution is -0.138. The van der Waals surface area contributed by atoms with Gasteiger partial charge in [-0.25, -0.2) is 0 Å². The number of carbonyl (C=O) groups is 4. The standard InChI is InChI=1S/C16H28N4O6/c1-11(2)7-12(16(25)18-9-15(23)24)19-13(21)8-17-14(22)10-20-3-5-26-6-4-20/h11-12H,3-10H2,1-2H3,(H,17,22)(H,18,25)(H,19,21)(H,23,24)/t12-/m0/s1. The fourth-order valence-electron chi connectivity index (χ4n) is 2.43. The first-order valence-corrected chi connectivity index (χ1v) is 8.63. The molecule has 3 amide bonds. The van der Waals surface area contributed by atoms with Gasteiger partial charge in [-0.15, -0.1) is 0 Å². The summed E-state index contributed by atoms with van der Waals surface area (Å²) >= 11 is 0. The van der Waals surface area contributed by atoms with Crippen molar-refractivity contribution in [2.24, 2.45) is 5.92 Å². The molecule has 148 valence electrons. The summed E-state index contributed by atoms with van der Waals surface area (Å²) in [7, 11) is 0. The number of nitrogens with one attached hydrogen (secondary N) is 3. The summed E-state index contributed by atoms with van der Waals surface area (Å²) < 4.78 is 5.20. The van der Waals surface area contributed by atoms with E-state index in [-0.39, 0.29) is 24.9 Å². The van der Waals surface area contributed by atoms with Crippen LogP contribution in [0.4, 0.5) is 0 Å². The lowest BCUT2D eigenvalue weighted by Gasteiger charge is -2.25. The van der Waals surface area contributed by atoms with E-state index in [0.29, 0.717) is 32.7 Å². The molecule has 26 heavy (non-hydrogen) atoms. The number of hydrogen-bond donors (Lipinski definition) is 4. The second-order valence-corrected chi connectivity index (χ2v) is 6.53. The second-order valence-electron chi connectivity index (χ2n) is 6.53. The van der Waals surface area contributed by atoms with Gasteiger partial charge in [0.1, 0.15) is 12.6 Å². The smallest absolute Gasteiger partial charge is 0.322 e. The Morgan fingerprint density at radius 1 is 1.04 bits per heavy atom. The number of ether oxygens (including phenoxy) is 1. The average molecular weight is 372 g/mol. The molecule has 0 aliphatic carbocycles. The van der Waals surface area contributed by atoms with Crippen LogP contribution in [-0.4, -0.2) is 85.7 Å². The molecule has 0 radical (unpaired) electrons. The van der Waals surface area contributed by atoms with E-state index in [1.54, 1.807) is 0 Å². The van der Waals surface area contributed by atoms with E-state index in [0.717, 1.165) is 0 Å². The van der Waals surface area contributed by atoms with Gasteiger partial charge in [0, 0.05) is 13.1 Å². The highest BCUT2D eigenvalue weighted by molar-refractivity contribution is 5.91. The van der Waals surface area contributed by atoms with Gasteiger partial charge in [0.2, 0.25) is 17.7 Å². The zero-order valence-electron chi connectivity index (χ0n) is 15.2. The Hall–Kier alpha value is -2.20. The van der Waals surface area contributed by atoms with Crippen molar-refractivity contribution in [1.29, 1.82) is 0 Å². The molecule has 0 spiro atoms. The van der Waals surface area contributed by atoms with Crippen LogP contribution < -0.4 is 16.0 Å². The van der Waals surface area contributed by atoms with Crippen LogP contribution >= 0.6 is 0 Å². The molecule has 0 unspecified atom stereocenters. The molecule has 1 atom stereocenters. The van der Waals surface area contributed by atoms with Gasteiger partial charge in [-0.1, -0.05) is 13.8 Å². The normalized spacial score (nSPS) is 16.0. The maximum absolute atomic E-state index is 12.0. The van der Waals surface area contributed by atoms with E-state index < -0.39 is 30.4 Å². The van der Waals surface area contributed by atoms with Crippen LogP contribution in [0.15, 0.2) is 0 Å². The van der Waals surface area contributed by atoms with E-state index in [1.165, 1.54) is 0 Å². The summed E-state index contributed by atoms with van der Waals surface area (Å²) in [4.78, 5) is 48.4. The highest BCUT2D eigenvalue weighted by atomic mass is 16.5. The molecule has 1 rings (SSSR count). The lowest BCUT2D eigenvalue weighted by atomic mass is 10.0. The SMILES string of the molecule is CC(C)C[C@H](NC(=O)CNC(=O)CN1CCOCC1)C(=O)NCC(=O)O. The Morgan fingerprint density at radius 3 is 2.27 bits per heavy atom. The number of carboxylic acids is 1. The second kappa shape index (κ2) is 11.4. The van der Waals surface area contributed by atoms with Crippen LogP contribution in [0.2, 0.25) is 0 Å². The van der Waals surface area contributed by atoms with Crippen molar-refractivity contribution in [3.05, 3.63) is 0 Å². The van der Waals surface area contributed by atoms with Crippen molar-refractivity contribution in [2.75, 3.05) is 45.9 Å². The molecule has 0 saturated carbocycles.